The lowest BCUT2D eigenvalue weighted by atomic mass is 10.3. The molecule has 0 aromatic carbocycles. The average molecular weight is 237 g/mol. The minimum atomic E-state index is 0.711. The Hall–Kier alpha value is -0.120. The summed E-state index contributed by atoms with van der Waals surface area (Å²) in [5.41, 5.74) is 4.66. The van der Waals surface area contributed by atoms with Crippen LogP contribution in [0.15, 0.2) is 16.7 Å². The predicted octanol–water partition coefficient (Wildman–Crippen LogP) is 1.28. The second-order valence-electron chi connectivity index (χ2n) is 2.19. The van der Waals surface area contributed by atoms with Crippen molar-refractivity contribution >= 4 is 27.5 Å². The summed E-state index contributed by atoms with van der Waals surface area (Å²) in [6.45, 7) is 0.828. The molecule has 1 heterocycles. The molecule has 0 radical (unpaired) electrons. The third-order valence-corrected chi connectivity index (χ3v) is 2.06. The van der Waals surface area contributed by atoms with E-state index in [0.717, 1.165) is 23.1 Å². The molecule has 0 fully saturated rings. The highest BCUT2D eigenvalue weighted by molar-refractivity contribution is 9.10. The van der Waals surface area contributed by atoms with Crippen molar-refractivity contribution < 1.29 is 5.73 Å². The van der Waals surface area contributed by atoms with E-state index < -0.39 is 0 Å². The van der Waals surface area contributed by atoms with E-state index in [0.29, 0.717) is 5.02 Å². The summed E-state index contributed by atoms with van der Waals surface area (Å²) in [6, 6.07) is 1.85. The molecule has 0 spiro atoms. The second kappa shape index (κ2) is 4.04. The van der Waals surface area contributed by atoms with E-state index in [1.54, 1.807) is 6.20 Å². The Kier molecular flexibility index (Phi) is 3.30. The molecule has 3 N–H and O–H groups in total. The Morgan fingerprint density at radius 1 is 1.64 bits per heavy atom. The van der Waals surface area contributed by atoms with Crippen LogP contribution in [0.2, 0.25) is 5.02 Å². The molecule has 0 bridgehead atoms. The Bertz CT molecular complexity index is 252. The topological polar surface area (TPSA) is 40.5 Å². The van der Waals surface area contributed by atoms with Gasteiger partial charge >= 0.3 is 0 Å². The highest BCUT2D eigenvalue weighted by atomic mass is 79.9. The van der Waals surface area contributed by atoms with Gasteiger partial charge in [-0.05, 0) is 22.0 Å². The van der Waals surface area contributed by atoms with Gasteiger partial charge in [0.25, 0.3) is 0 Å². The fourth-order valence-electron chi connectivity index (χ4n) is 0.794. The molecule has 0 aliphatic heterocycles. The van der Waals surface area contributed by atoms with E-state index in [-0.39, 0.29) is 0 Å². The minimum absolute atomic E-state index is 0.711. The number of hydrogen-bond donors (Lipinski definition) is 1. The van der Waals surface area contributed by atoms with E-state index >= 15 is 0 Å². The normalized spacial score (nSPS) is 10.1. The molecule has 1 rings (SSSR count). The van der Waals surface area contributed by atoms with Gasteiger partial charge in [0.1, 0.15) is 0 Å². The number of rotatable bonds is 2. The minimum Gasteiger partial charge on any atom is -0.357 e. The monoisotopic (exact) mass is 235 g/mol. The zero-order valence-electron chi connectivity index (χ0n) is 5.98. The first-order valence-electron chi connectivity index (χ1n) is 3.33. The van der Waals surface area contributed by atoms with Crippen LogP contribution in [0.3, 0.4) is 0 Å². The quantitative estimate of drug-likeness (QED) is 0.826. The van der Waals surface area contributed by atoms with Gasteiger partial charge in [-0.3, -0.25) is 4.98 Å². The highest BCUT2D eigenvalue weighted by Gasteiger charge is 2.01. The molecular weight excluding hydrogens is 227 g/mol. The van der Waals surface area contributed by atoms with Crippen LogP contribution in [0.1, 0.15) is 5.69 Å². The van der Waals surface area contributed by atoms with Crippen LogP contribution in [-0.2, 0) is 6.42 Å². The maximum atomic E-state index is 5.89. The number of halogens is 2. The van der Waals surface area contributed by atoms with E-state index in [2.05, 4.69) is 26.6 Å². The first kappa shape index (κ1) is 8.97. The van der Waals surface area contributed by atoms with Crippen molar-refractivity contribution in [1.29, 1.82) is 0 Å². The van der Waals surface area contributed by atoms with E-state index in [4.69, 9.17) is 11.6 Å². The van der Waals surface area contributed by atoms with Gasteiger partial charge in [-0.25, -0.2) is 0 Å². The van der Waals surface area contributed by atoms with Crippen molar-refractivity contribution in [3.63, 3.8) is 0 Å². The van der Waals surface area contributed by atoms with Crippen LogP contribution in [-0.4, -0.2) is 11.5 Å². The number of nitrogens with zero attached hydrogens (tertiary/aromatic N) is 1. The molecule has 2 nitrogen and oxygen atoms in total. The number of pyridine rings is 1. The fourth-order valence-corrected chi connectivity index (χ4v) is 1.52. The van der Waals surface area contributed by atoms with Gasteiger partial charge in [0.05, 0.1) is 17.3 Å². The smallest absolute Gasteiger partial charge is 0.0796 e. The number of aromatic nitrogens is 1. The van der Waals surface area contributed by atoms with Crippen molar-refractivity contribution in [3.8, 4) is 0 Å². The summed E-state index contributed by atoms with van der Waals surface area (Å²) in [7, 11) is 0. The molecule has 0 atom stereocenters. The summed E-state index contributed by atoms with van der Waals surface area (Å²) in [5.74, 6) is 0. The van der Waals surface area contributed by atoms with Crippen LogP contribution in [0.5, 0.6) is 0 Å². The number of hydrogen-bond acceptors (Lipinski definition) is 1. The zero-order valence-corrected chi connectivity index (χ0v) is 8.32. The van der Waals surface area contributed by atoms with Gasteiger partial charge in [0.15, 0.2) is 0 Å². The predicted molar refractivity (Wildman–Crippen MR) is 48.4 cm³/mol. The van der Waals surface area contributed by atoms with E-state index in [1.165, 1.54) is 0 Å². The van der Waals surface area contributed by atoms with Crippen molar-refractivity contribution in [2.24, 2.45) is 0 Å². The third-order valence-electron chi connectivity index (χ3n) is 1.30. The Balaban J connectivity index is 2.90. The van der Waals surface area contributed by atoms with Crippen molar-refractivity contribution in [2.75, 3.05) is 6.54 Å². The first-order chi connectivity index (χ1) is 5.24. The van der Waals surface area contributed by atoms with E-state index in [1.807, 2.05) is 6.07 Å². The standard InChI is InChI=1S/C7H8BrClN2/c8-5-3-6(9)7(1-2-10)11-4-5/h3-4H,1-2,10H2/p+1. The van der Waals surface area contributed by atoms with Crippen LogP contribution in [0.4, 0.5) is 0 Å². The first-order valence-corrected chi connectivity index (χ1v) is 4.50. The summed E-state index contributed by atoms with van der Waals surface area (Å²) < 4.78 is 0.912. The maximum Gasteiger partial charge on any atom is 0.0796 e. The molecule has 1 aromatic heterocycles. The van der Waals surface area contributed by atoms with Gasteiger partial charge in [-0.1, -0.05) is 11.6 Å². The highest BCUT2D eigenvalue weighted by Crippen LogP contribution is 2.18. The molecule has 0 saturated carbocycles. The Morgan fingerprint density at radius 3 is 2.91 bits per heavy atom. The largest absolute Gasteiger partial charge is 0.357 e. The van der Waals surface area contributed by atoms with Gasteiger partial charge in [-0.15, -0.1) is 0 Å². The van der Waals surface area contributed by atoms with Crippen molar-refractivity contribution in [3.05, 3.63) is 27.5 Å². The van der Waals surface area contributed by atoms with Crippen LogP contribution >= 0.6 is 27.5 Å². The molecule has 4 heteroatoms. The van der Waals surface area contributed by atoms with E-state index in [9.17, 15) is 0 Å². The Labute approximate surface area is 78.9 Å². The molecule has 0 amide bonds. The van der Waals surface area contributed by atoms with Crippen LogP contribution in [0, 0.1) is 0 Å². The molecule has 0 aliphatic carbocycles. The molecule has 0 unspecified atom stereocenters. The summed E-state index contributed by atoms with van der Waals surface area (Å²) >= 11 is 9.17. The second-order valence-corrected chi connectivity index (χ2v) is 3.51. The Morgan fingerprint density at radius 2 is 2.36 bits per heavy atom. The van der Waals surface area contributed by atoms with Gasteiger partial charge in [0.2, 0.25) is 0 Å². The summed E-state index contributed by atoms with van der Waals surface area (Å²) in [6.07, 6.45) is 2.59. The SMILES string of the molecule is [NH3+]CCc1ncc(Br)cc1Cl. The fraction of sp³-hybridized carbons (Fsp3) is 0.286. The zero-order chi connectivity index (χ0) is 8.27. The molecule has 0 saturated heterocycles. The molecule has 0 aliphatic rings. The molecule has 1 aromatic rings. The van der Waals surface area contributed by atoms with Gasteiger partial charge < -0.3 is 5.73 Å². The third kappa shape index (κ3) is 2.43. The average Bonchev–Trinajstić information content (AvgIpc) is 1.95. The van der Waals surface area contributed by atoms with Gasteiger partial charge in [-0.2, -0.15) is 0 Å². The molecule has 60 valence electrons. The maximum absolute atomic E-state index is 5.89. The molecular formula is C7H9BrClN2+. The lowest BCUT2D eigenvalue weighted by molar-refractivity contribution is -0.366. The summed E-state index contributed by atoms with van der Waals surface area (Å²) in [5, 5.41) is 0.711. The number of quaternary nitrogens is 1. The van der Waals surface area contributed by atoms with Crippen molar-refractivity contribution in [2.45, 2.75) is 6.42 Å². The van der Waals surface area contributed by atoms with Crippen molar-refractivity contribution in [1.82, 2.24) is 4.98 Å². The van der Waals surface area contributed by atoms with Crippen LogP contribution in [0.25, 0.3) is 0 Å². The summed E-state index contributed by atoms with van der Waals surface area (Å²) in [4.78, 5) is 4.15. The van der Waals surface area contributed by atoms with Crippen LogP contribution < -0.4 is 5.73 Å². The molecule has 11 heavy (non-hydrogen) atoms. The lowest BCUT2D eigenvalue weighted by Gasteiger charge is -1.99. The lowest BCUT2D eigenvalue weighted by Crippen LogP contribution is -2.51. The van der Waals surface area contributed by atoms with Gasteiger partial charge in [0, 0.05) is 17.1 Å².